The largest absolute Gasteiger partial charge is 0.418 e. The number of nitro benzene ring substituents is 1. The number of carbonyl (C=O) groups excluding carboxylic acids is 1. The van der Waals surface area contributed by atoms with Gasteiger partial charge in [-0.1, -0.05) is 23.7 Å². The van der Waals surface area contributed by atoms with Crippen molar-refractivity contribution in [3.63, 3.8) is 0 Å². The predicted octanol–water partition coefficient (Wildman–Crippen LogP) is 5.32. The number of carbonyl (C=O) groups is 1. The van der Waals surface area contributed by atoms with Gasteiger partial charge in [0.1, 0.15) is 5.69 Å². The first-order chi connectivity index (χ1) is 13.1. The zero-order valence-corrected chi connectivity index (χ0v) is 15.3. The topological polar surface area (TPSA) is 84.3 Å². The second kappa shape index (κ2) is 7.31. The lowest BCUT2D eigenvalue weighted by molar-refractivity contribution is -0.384. The first kappa shape index (κ1) is 19.9. The van der Waals surface area contributed by atoms with Crippen molar-refractivity contribution >= 4 is 34.6 Å². The maximum atomic E-state index is 13.0. The summed E-state index contributed by atoms with van der Waals surface area (Å²) in [6.07, 6.45) is -3.87. The summed E-state index contributed by atoms with van der Waals surface area (Å²) in [4.78, 5) is 21.8. The van der Waals surface area contributed by atoms with E-state index in [0.717, 1.165) is 17.2 Å². The van der Waals surface area contributed by atoms with Crippen molar-refractivity contribution in [1.29, 1.82) is 0 Å². The summed E-state index contributed by atoms with van der Waals surface area (Å²) in [5, 5.41) is 16.3. The zero-order chi connectivity index (χ0) is 20.6. The molecule has 3 rings (SSSR count). The van der Waals surface area contributed by atoms with E-state index >= 15 is 0 Å². The summed E-state index contributed by atoms with van der Waals surface area (Å²) < 4.78 is 38.9. The van der Waals surface area contributed by atoms with Gasteiger partial charge in [0.05, 0.1) is 15.5 Å². The molecule has 0 radical (unpaired) electrons. The van der Waals surface area contributed by atoms with Crippen molar-refractivity contribution in [1.82, 2.24) is 0 Å². The van der Waals surface area contributed by atoms with Crippen LogP contribution in [0.15, 0.2) is 30.3 Å². The number of rotatable bonds is 4. The van der Waals surface area contributed by atoms with Gasteiger partial charge in [-0.25, -0.2) is 0 Å². The number of hydrogen-bond acceptors (Lipinski definition) is 4. The van der Waals surface area contributed by atoms with Crippen LogP contribution in [-0.2, 0) is 17.4 Å². The molecule has 1 heterocycles. The van der Waals surface area contributed by atoms with Crippen molar-refractivity contribution in [2.75, 3.05) is 10.6 Å². The fraction of sp³-hybridized carbons (Fsp3) is 0.278. The standard InChI is InChI=1S/C18H15ClF3N3O3/c1-9(10-2-4-14-11(6-10)3-5-17(26)24-14)23-15-8-13(19)12(18(20,21)22)7-16(15)25(27)28/h2,4,6-9,23H,3,5H2,1H3,(H,24,26)/t9-/m0/s1. The Bertz CT molecular complexity index is 963. The van der Waals surface area contributed by atoms with E-state index < -0.39 is 33.4 Å². The van der Waals surface area contributed by atoms with Crippen molar-refractivity contribution in [3.05, 3.63) is 62.2 Å². The van der Waals surface area contributed by atoms with Crippen LogP contribution in [-0.4, -0.2) is 10.8 Å². The zero-order valence-electron chi connectivity index (χ0n) is 14.6. The monoisotopic (exact) mass is 413 g/mol. The number of fused-ring (bicyclic) bond motifs is 1. The number of halogens is 4. The maximum Gasteiger partial charge on any atom is 0.418 e. The van der Waals surface area contributed by atoms with E-state index in [4.69, 9.17) is 11.6 Å². The van der Waals surface area contributed by atoms with Gasteiger partial charge in [0.15, 0.2) is 0 Å². The second-order valence-electron chi connectivity index (χ2n) is 6.43. The van der Waals surface area contributed by atoms with E-state index in [0.29, 0.717) is 24.6 Å². The van der Waals surface area contributed by atoms with Crippen LogP contribution in [0.25, 0.3) is 0 Å². The fourth-order valence-electron chi connectivity index (χ4n) is 3.03. The van der Waals surface area contributed by atoms with Gasteiger partial charge in [0.2, 0.25) is 5.91 Å². The summed E-state index contributed by atoms with van der Waals surface area (Å²) >= 11 is 5.71. The molecule has 10 heteroatoms. The SMILES string of the molecule is C[C@H](Nc1cc(Cl)c(C(F)(F)F)cc1[N+](=O)[O-])c1ccc2c(c1)CCC(=O)N2. The molecule has 28 heavy (non-hydrogen) atoms. The van der Waals surface area contributed by atoms with E-state index in [2.05, 4.69) is 10.6 Å². The first-order valence-corrected chi connectivity index (χ1v) is 8.68. The minimum Gasteiger partial charge on any atom is -0.373 e. The molecule has 1 aliphatic heterocycles. The average Bonchev–Trinajstić information content (AvgIpc) is 2.59. The van der Waals surface area contributed by atoms with Gasteiger partial charge < -0.3 is 10.6 Å². The Morgan fingerprint density at radius 2 is 1.96 bits per heavy atom. The third-order valence-corrected chi connectivity index (χ3v) is 4.80. The van der Waals surface area contributed by atoms with Crippen molar-refractivity contribution in [3.8, 4) is 0 Å². The number of alkyl halides is 3. The molecule has 0 fully saturated rings. The maximum absolute atomic E-state index is 13.0. The van der Waals surface area contributed by atoms with E-state index in [1.54, 1.807) is 19.1 Å². The lowest BCUT2D eigenvalue weighted by Crippen LogP contribution is -2.19. The molecule has 0 aromatic heterocycles. The van der Waals surface area contributed by atoms with Crippen molar-refractivity contribution in [2.24, 2.45) is 0 Å². The normalized spacial score (nSPS) is 14.8. The fourth-order valence-corrected chi connectivity index (χ4v) is 3.31. The number of nitrogens with one attached hydrogen (secondary N) is 2. The molecule has 1 amide bonds. The van der Waals surface area contributed by atoms with Crippen LogP contribution in [0.3, 0.4) is 0 Å². The smallest absolute Gasteiger partial charge is 0.373 e. The van der Waals surface area contributed by atoms with Crippen LogP contribution < -0.4 is 10.6 Å². The van der Waals surface area contributed by atoms with Gasteiger partial charge in [0.25, 0.3) is 5.69 Å². The molecular formula is C18H15ClF3N3O3. The first-order valence-electron chi connectivity index (χ1n) is 8.30. The van der Waals surface area contributed by atoms with E-state index in [1.165, 1.54) is 0 Å². The molecule has 0 saturated carbocycles. The van der Waals surface area contributed by atoms with Gasteiger partial charge in [-0.05, 0) is 36.6 Å². The van der Waals surface area contributed by atoms with E-state index in [9.17, 15) is 28.1 Å². The lowest BCUT2D eigenvalue weighted by Gasteiger charge is -2.21. The van der Waals surface area contributed by atoms with E-state index in [1.807, 2.05) is 6.07 Å². The van der Waals surface area contributed by atoms with Crippen LogP contribution in [0.1, 0.15) is 36.1 Å². The highest BCUT2D eigenvalue weighted by Gasteiger charge is 2.36. The van der Waals surface area contributed by atoms with Crippen LogP contribution in [0.5, 0.6) is 0 Å². The van der Waals surface area contributed by atoms with Gasteiger partial charge in [0, 0.05) is 24.2 Å². The highest BCUT2D eigenvalue weighted by atomic mass is 35.5. The summed E-state index contributed by atoms with van der Waals surface area (Å²) in [5.74, 6) is -0.0681. The molecule has 2 aromatic carbocycles. The minimum absolute atomic E-state index is 0.0681. The average molecular weight is 414 g/mol. The Balaban J connectivity index is 1.92. The molecular weight excluding hydrogens is 399 g/mol. The number of aryl methyl sites for hydroxylation is 1. The Labute approximate surface area is 162 Å². The van der Waals surface area contributed by atoms with Gasteiger partial charge in [-0.15, -0.1) is 0 Å². The van der Waals surface area contributed by atoms with Crippen LogP contribution in [0.2, 0.25) is 5.02 Å². The summed E-state index contributed by atoms with van der Waals surface area (Å²) in [5.41, 5.74) is 0.306. The molecule has 2 N–H and O–H groups in total. The van der Waals surface area contributed by atoms with Crippen molar-refractivity contribution < 1.29 is 22.9 Å². The molecule has 0 unspecified atom stereocenters. The molecule has 0 bridgehead atoms. The van der Waals surface area contributed by atoms with Crippen LogP contribution in [0, 0.1) is 10.1 Å². The number of anilines is 2. The number of nitro groups is 1. The predicted molar refractivity (Wildman–Crippen MR) is 98.5 cm³/mol. The molecule has 1 atom stereocenters. The Kier molecular flexibility index (Phi) is 5.20. The molecule has 0 spiro atoms. The van der Waals surface area contributed by atoms with Crippen molar-refractivity contribution in [2.45, 2.75) is 32.0 Å². The highest BCUT2D eigenvalue weighted by molar-refractivity contribution is 6.31. The Morgan fingerprint density at radius 3 is 2.61 bits per heavy atom. The minimum atomic E-state index is -4.80. The molecule has 0 aliphatic carbocycles. The van der Waals surface area contributed by atoms with Crippen LogP contribution >= 0.6 is 11.6 Å². The Hall–Kier alpha value is -2.81. The lowest BCUT2D eigenvalue weighted by atomic mass is 9.97. The molecule has 148 valence electrons. The highest BCUT2D eigenvalue weighted by Crippen LogP contribution is 2.41. The number of nitrogens with zero attached hydrogens (tertiary/aromatic N) is 1. The number of amides is 1. The third kappa shape index (κ3) is 4.04. The number of hydrogen-bond donors (Lipinski definition) is 2. The summed E-state index contributed by atoms with van der Waals surface area (Å²) in [7, 11) is 0. The molecule has 0 saturated heterocycles. The molecule has 2 aromatic rings. The van der Waals surface area contributed by atoms with Gasteiger partial charge in [-0.2, -0.15) is 13.2 Å². The summed E-state index contributed by atoms with van der Waals surface area (Å²) in [6, 6.07) is 6.21. The van der Waals surface area contributed by atoms with Crippen LogP contribution in [0.4, 0.5) is 30.2 Å². The molecule has 6 nitrogen and oxygen atoms in total. The Morgan fingerprint density at radius 1 is 1.25 bits per heavy atom. The van der Waals surface area contributed by atoms with Gasteiger partial charge >= 0.3 is 6.18 Å². The summed E-state index contributed by atoms with van der Waals surface area (Å²) in [6.45, 7) is 1.72. The number of benzene rings is 2. The quantitative estimate of drug-likeness (QED) is 0.524. The second-order valence-corrected chi connectivity index (χ2v) is 6.84. The molecule has 1 aliphatic rings. The third-order valence-electron chi connectivity index (χ3n) is 4.48. The van der Waals surface area contributed by atoms with Gasteiger partial charge in [-0.3, -0.25) is 14.9 Å². The van der Waals surface area contributed by atoms with E-state index in [-0.39, 0.29) is 11.6 Å².